The third-order valence-electron chi connectivity index (χ3n) is 4.14. The number of benzene rings is 2. The molecular formula is C19H17N3O2S. The van der Waals surface area contributed by atoms with Gasteiger partial charge in [0.25, 0.3) is 0 Å². The second-order valence-corrected chi connectivity index (χ2v) is 6.99. The van der Waals surface area contributed by atoms with Crippen LogP contribution >= 0.6 is 11.8 Å². The molecule has 0 bridgehead atoms. The summed E-state index contributed by atoms with van der Waals surface area (Å²) in [5.74, 6) is 1.88. The average molecular weight is 351 g/mol. The molecule has 25 heavy (non-hydrogen) atoms. The number of aromatic nitrogens is 3. The number of thioether (sulfide) groups is 1. The van der Waals surface area contributed by atoms with Crippen LogP contribution in [0.3, 0.4) is 0 Å². The summed E-state index contributed by atoms with van der Waals surface area (Å²) < 4.78 is 2.06. The van der Waals surface area contributed by atoms with Gasteiger partial charge in [0.2, 0.25) is 0 Å². The molecule has 0 radical (unpaired) electrons. The topological polar surface area (TPSA) is 68.0 Å². The van der Waals surface area contributed by atoms with E-state index in [1.165, 1.54) is 23.9 Å². The molecule has 1 aromatic heterocycles. The van der Waals surface area contributed by atoms with Crippen LogP contribution in [-0.2, 0) is 0 Å². The zero-order chi connectivity index (χ0) is 17.2. The maximum Gasteiger partial charge on any atom is 0.196 e. The molecule has 0 saturated heterocycles. The van der Waals surface area contributed by atoms with Crippen molar-refractivity contribution in [1.29, 1.82) is 0 Å². The maximum absolute atomic E-state index is 12.4. The van der Waals surface area contributed by atoms with Gasteiger partial charge in [0, 0.05) is 17.2 Å². The number of para-hydroxylation sites is 1. The second-order valence-electron chi connectivity index (χ2n) is 6.04. The minimum atomic E-state index is 0.000540. The Morgan fingerprint density at radius 1 is 1.08 bits per heavy atom. The van der Waals surface area contributed by atoms with Gasteiger partial charge < -0.3 is 5.11 Å². The lowest BCUT2D eigenvalue weighted by atomic mass is 10.1. The van der Waals surface area contributed by atoms with Crippen LogP contribution in [0.15, 0.2) is 59.8 Å². The summed E-state index contributed by atoms with van der Waals surface area (Å²) in [5, 5.41) is 18.7. The molecule has 6 heteroatoms. The highest BCUT2D eigenvalue weighted by molar-refractivity contribution is 7.99. The molecule has 2 aromatic carbocycles. The van der Waals surface area contributed by atoms with Crippen LogP contribution in [0, 0.1) is 0 Å². The molecule has 1 aliphatic rings. The zero-order valence-corrected chi connectivity index (χ0v) is 14.3. The number of nitrogens with zero attached hydrogens (tertiary/aromatic N) is 3. The van der Waals surface area contributed by atoms with E-state index in [9.17, 15) is 9.90 Å². The summed E-state index contributed by atoms with van der Waals surface area (Å²) in [6, 6.07) is 16.3. The molecule has 1 fully saturated rings. The van der Waals surface area contributed by atoms with Crippen LogP contribution in [0.4, 0.5) is 0 Å². The molecule has 0 unspecified atom stereocenters. The maximum atomic E-state index is 12.4. The Morgan fingerprint density at radius 3 is 2.48 bits per heavy atom. The van der Waals surface area contributed by atoms with Crippen molar-refractivity contribution < 1.29 is 9.90 Å². The van der Waals surface area contributed by atoms with Gasteiger partial charge in [-0.3, -0.25) is 9.36 Å². The normalized spacial score (nSPS) is 13.8. The lowest BCUT2D eigenvalue weighted by molar-refractivity contribution is 0.102. The molecule has 1 N–H and O–H groups in total. The summed E-state index contributed by atoms with van der Waals surface area (Å²) in [6.07, 6.45) is 2.28. The molecular weight excluding hydrogens is 334 g/mol. The van der Waals surface area contributed by atoms with E-state index in [1.807, 2.05) is 30.3 Å². The van der Waals surface area contributed by atoms with Gasteiger partial charge in [-0.25, -0.2) is 0 Å². The number of rotatable bonds is 6. The van der Waals surface area contributed by atoms with Gasteiger partial charge >= 0.3 is 0 Å². The standard InChI is InChI=1S/C19H17N3O2S/c23-16-10-8-13(9-11-16)17(24)12-25-19-21-20-18(14-6-7-14)22(19)15-4-2-1-3-5-15/h1-5,8-11,14,23H,6-7,12H2. The van der Waals surface area contributed by atoms with Gasteiger partial charge in [0.1, 0.15) is 11.6 Å². The van der Waals surface area contributed by atoms with Crippen LogP contribution in [0.1, 0.15) is 34.9 Å². The number of hydrogen-bond acceptors (Lipinski definition) is 5. The minimum absolute atomic E-state index is 0.000540. The van der Waals surface area contributed by atoms with Crippen LogP contribution < -0.4 is 0 Å². The van der Waals surface area contributed by atoms with Crippen LogP contribution in [0.5, 0.6) is 5.75 Å². The Kier molecular flexibility index (Phi) is 4.28. The van der Waals surface area contributed by atoms with Crippen LogP contribution in [-0.4, -0.2) is 31.4 Å². The highest BCUT2D eigenvalue weighted by atomic mass is 32.2. The van der Waals surface area contributed by atoms with Crippen LogP contribution in [0.2, 0.25) is 0 Å². The summed E-state index contributed by atoms with van der Waals surface area (Å²) >= 11 is 1.39. The first-order valence-electron chi connectivity index (χ1n) is 8.18. The minimum Gasteiger partial charge on any atom is -0.508 e. The molecule has 0 aliphatic heterocycles. The molecule has 0 spiro atoms. The third kappa shape index (κ3) is 3.44. The first-order valence-corrected chi connectivity index (χ1v) is 9.16. The first kappa shape index (κ1) is 15.9. The van der Waals surface area contributed by atoms with E-state index in [2.05, 4.69) is 14.8 Å². The largest absolute Gasteiger partial charge is 0.508 e. The van der Waals surface area contributed by atoms with Crippen molar-refractivity contribution in [2.45, 2.75) is 23.9 Å². The lowest BCUT2D eigenvalue weighted by Gasteiger charge is -2.09. The fourth-order valence-electron chi connectivity index (χ4n) is 2.66. The van der Waals surface area contributed by atoms with E-state index in [-0.39, 0.29) is 17.3 Å². The van der Waals surface area contributed by atoms with Crippen molar-refractivity contribution in [2.24, 2.45) is 0 Å². The Bertz CT molecular complexity index is 887. The predicted octanol–water partition coefficient (Wildman–Crippen LogP) is 3.83. The molecule has 1 heterocycles. The fourth-order valence-corrected chi connectivity index (χ4v) is 3.51. The number of ketones is 1. The molecule has 126 valence electrons. The van der Waals surface area contributed by atoms with Crippen LogP contribution in [0.25, 0.3) is 5.69 Å². The quantitative estimate of drug-likeness (QED) is 0.540. The zero-order valence-electron chi connectivity index (χ0n) is 13.5. The number of phenols is 1. The highest BCUT2D eigenvalue weighted by Gasteiger charge is 2.31. The number of carbonyl (C=O) groups is 1. The van der Waals surface area contributed by atoms with Crippen molar-refractivity contribution in [3.05, 3.63) is 66.0 Å². The Morgan fingerprint density at radius 2 is 1.80 bits per heavy atom. The number of phenolic OH excluding ortho intramolecular Hbond substituents is 1. The molecule has 3 aromatic rings. The van der Waals surface area contributed by atoms with Crippen molar-refractivity contribution >= 4 is 17.5 Å². The molecule has 1 saturated carbocycles. The van der Waals surface area contributed by atoms with Gasteiger partial charge in [-0.1, -0.05) is 30.0 Å². The Hall–Kier alpha value is -2.60. The number of carbonyl (C=O) groups excluding carboxylic acids is 1. The van der Waals surface area contributed by atoms with Crippen molar-refractivity contribution in [2.75, 3.05) is 5.75 Å². The van der Waals surface area contributed by atoms with E-state index < -0.39 is 0 Å². The Balaban J connectivity index is 1.56. The van der Waals surface area contributed by atoms with E-state index in [0.29, 0.717) is 11.5 Å². The molecule has 0 atom stereocenters. The third-order valence-corrected chi connectivity index (χ3v) is 5.07. The highest BCUT2D eigenvalue weighted by Crippen LogP contribution is 2.41. The van der Waals surface area contributed by atoms with E-state index >= 15 is 0 Å². The predicted molar refractivity (Wildman–Crippen MR) is 96.5 cm³/mol. The summed E-state index contributed by atoms with van der Waals surface area (Å²) in [4.78, 5) is 12.4. The first-order chi connectivity index (χ1) is 12.2. The molecule has 5 nitrogen and oxygen atoms in total. The summed E-state index contributed by atoms with van der Waals surface area (Å²) in [5.41, 5.74) is 1.60. The van der Waals surface area contributed by atoms with E-state index in [1.54, 1.807) is 12.1 Å². The molecule has 4 rings (SSSR count). The number of hydrogen-bond donors (Lipinski definition) is 1. The summed E-state index contributed by atoms with van der Waals surface area (Å²) in [7, 11) is 0. The van der Waals surface area contributed by atoms with Gasteiger partial charge in [0.15, 0.2) is 10.9 Å². The summed E-state index contributed by atoms with van der Waals surface area (Å²) in [6.45, 7) is 0. The number of aromatic hydroxyl groups is 1. The Labute approximate surface area is 149 Å². The van der Waals surface area contributed by atoms with E-state index in [4.69, 9.17) is 0 Å². The second kappa shape index (κ2) is 6.72. The van der Waals surface area contributed by atoms with Gasteiger partial charge in [-0.15, -0.1) is 10.2 Å². The lowest BCUT2D eigenvalue weighted by Crippen LogP contribution is -2.05. The van der Waals surface area contributed by atoms with Crippen molar-refractivity contribution in [3.63, 3.8) is 0 Å². The fraction of sp³-hybridized carbons (Fsp3) is 0.211. The van der Waals surface area contributed by atoms with Crippen molar-refractivity contribution in [1.82, 2.24) is 14.8 Å². The van der Waals surface area contributed by atoms with E-state index in [0.717, 1.165) is 29.5 Å². The van der Waals surface area contributed by atoms with Crippen molar-refractivity contribution in [3.8, 4) is 11.4 Å². The molecule has 0 amide bonds. The number of Topliss-reactive ketones (excluding diaryl/α,β-unsaturated/α-hetero) is 1. The molecule has 1 aliphatic carbocycles. The smallest absolute Gasteiger partial charge is 0.196 e. The van der Waals surface area contributed by atoms with Gasteiger partial charge in [0.05, 0.1) is 5.75 Å². The SMILES string of the molecule is O=C(CSc1nnc(C2CC2)n1-c1ccccc1)c1ccc(O)cc1. The average Bonchev–Trinajstić information content (AvgIpc) is 3.40. The monoisotopic (exact) mass is 351 g/mol. The van der Waals surface area contributed by atoms with Gasteiger partial charge in [-0.05, 0) is 49.2 Å². The van der Waals surface area contributed by atoms with Gasteiger partial charge in [-0.2, -0.15) is 0 Å².